The molecule has 1 atom stereocenters. The van der Waals surface area contributed by atoms with E-state index in [1.165, 1.54) is 0 Å². The van der Waals surface area contributed by atoms with Crippen LogP contribution in [0.1, 0.15) is 24.5 Å². The zero-order valence-electron chi connectivity index (χ0n) is 18.6. The van der Waals surface area contributed by atoms with E-state index in [-0.39, 0.29) is 22.8 Å². The number of hydrogen-bond donors (Lipinski definition) is 1. The molecule has 1 unspecified atom stereocenters. The molecule has 4 aromatic rings. The van der Waals surface area contributed by atoms with Gasteiger partial charge < -0.3 is 14.5 Å². The largest absolute Gasteiger partial charge is 0.473 e. The lowest BCUT2D eigenvalue weighted by atomic mass is 10.1. The van der Waals surface area contributed by atoms with Crippen LogP contribution in [0.4, 0.5) is 5.69 Å². The van der Waals surface area contributed by atoms with Gasteiger partial charge in [0.05, 0.1) is 5.39 Å². The van der Waals surface area contributed by atoms with E-state index < -0.39 is 6.10 Å². The second kappa shape index (κ2) is 9.51. The fourth-order valence-corrected chi connectivity index (χ4v) is 3.70. The average Bonchev–Trinajstić information content (AvgIpc) is 2.81. The van der Waals surface area contributed by atoms with Crippen LogP contribution in [-0.4, -0.2) is 12.0 Å². The number of carbonyl (C=O) groups is 1. The second-order valence-electron chi connectivity index (χ2n) is 7.91. The van der Waals surface area contributed by atoms with Crippen LogP contribution in [0.2, 0.25) is 5.02 Å². The van der Waals surface area contributed by atoms with Gasteiger partial charge in [-0.3, -0.25) is 9.59 Å². The molecule has 3 aromatic carbocycles. The fourth-order valence-electron chi connectivity index (χ4n) is 3.57. The maximum atomic E-state index is 13.4. The molecule has 0 saturated heterocycles. The number of rotatable bonds is 6. The van der Waals surface area contributed by atoms with E-state index >= 15 is 0 Å². The lowest BCUT2D eigenvalue weighted by Crippen LogP contribution is -2.34. The van der Waals surface area contributed by atoms with Gasteiger partial charge in [0, 0.05) is 16.3 Å². The van der Waals surface area contributed by atoms with Gasteiger partial charge in [-0.1, -0.05) is 42.8 Å². The molecule has 4 rings (SSSR count). The minimum absolute atomic E-state index is 0.000938. The van der Waals surface area contributed by atoms with Gasteiger partial charge in [-0.05, 0) is 73.9 Å². The summed E-state index contributed by atoms with van der Waals surface area (Å²) in [6.45, 7) is 5.72. The number of anilines is 1. The van der Waals surface area contributed by atoms with Crippen molar-refractivity contribution in [2.45, 2.75) is 33.3 Å². The van der Waals surface area contributed by atoms with Crippen molar-refractivity contribution >= 4 is 34.2 Å². The predicted molar refractivity (Wildman–Crippen MR) is 132 cm³/mol. The Labute approximate surface area is 197 Å². The smallest absolute Gasteiger partial charge is 0.265 e. The van der Waals surface area contributed by atoms with Crippen molar-refractivity contribution in [2.24, 2.45) is 0 Å². The molecule has 0 radical (unpaired) electrons. The summed E-state index contributed by atoms with van der Waals surface area (Å²) in [5, 5.41) is 3.87. The predicted octanol–water partition coefficient (Wildman–Crippen LogP) is 6.53. The van der Waals surface area contributed by atoms with E-state index in [4.69, 9.17) is 20.8 Å². The van der Waals surface area contributed by atoms with E-state index in [1.54, 1.807) is 48.5 Å². The summed E-state index contributed by atoms with van der Waals surface area (Å²) in [6, 6.07) is 19.7. The third-order valence-electron chi connectivity index (χ3n) is 5.44. The topological polar surface area (TPSA) is 68.5 Å². The maximum absolute atomic E-state index is 13.4. The normalized spacial score (nSPS) is 11.9. The van der Waals surface area contributed by atoms with E-state index in [0.717, 1.165) is 11.1 Å². The van der Waals surface area contributed by atoms with Gasteiger partial charge in [0.15, 0.2) is 11.9 Å². The summed E-state index contributed by atoms with van der Waals surface area (Å²) in [4.78, 5) is 26.5. The number of aryl methyl sites for hydroxylation is 2. The minimum atomic E-state index is -0.889. The van der Waals surface area contributed by atoms with Crippen molar-refractivity contribution < 1.29 is 13.9 Å². The van der Waals surface area contributed by atoms with Gasteiger partial charge in [0.1, 0.15) is 5.58 Å². The summed E-state index contributed by atoms with van der Waals surface area (Å²) >= 11 is 6.04. The van der Waals surface area contributed by atoms with Crippen molar-refractivity contribution in [1.29, 1.82) is 0 Å². The first-order chi connectivity index (χ1) is 15.9. The van der Waals surface area contributed by atoms with Gasteiger partial charge in [0.2, 0.25) is 11.2 Å². The van der Waals surface area contributed by atoms with Crippen molar-refractivity contribution in [1.82, 2.24) is 0 Å². The van der Waals surface area contributed by atoms with Crippen LogP contribution in [0.25, 0.3) is 22.3 Å². The summed E-state index contributed by atoms with van der Waals surface area (Å²) in [5.74, 6) is -0.0758. The molecule has 1 amide bonds. The van der Waals surface area contributed by atoms with Crippen LogP contribution in [0.15, 0.2) is 75.9 Å². The Balaban J connectivity index is 1.75. The molecule has 0 fully saturated rings. The lowest BCUT2D eigenvalue weighted by Gasteiger charge is -2.19. The van der Waals surface area contributed by atoms with Crippen LogP contribution >= 0.6 is 11.6 Å². The molecule has 0 aliphatic rings. The number of para-hydroxylation sites is 1. The number of amides is 1. The molecule has 0 saturated carbocycles. The van der Waals surface area contributed by atoms with Crippen molar-refractivity contribution in [3.63, 3.8) is 0 Å². The minimum Gasteiger partial charge on any atom is -0.473 e. The van der Waals surface area contributed by atoms with E-state index in [0.29, 0.717) is 33.7 Å². The Kier molecular flexibility index (Phi) is 6.52. The molecule has 1 aromatic heterocycles. The monoisotopic (exact) mass is 461 g/mol. The number of hydrogen-bond acceptors (Lipinski definition) is 4. The summed E-state index contributed by atoms with van der Waals surface area (Å²) < 4.78 is 12.1. The SMILES string of the molecule is CCC(Oc1c(-c2ccc(Cl)cc2)oc2ccccc2c1=O)C(=O)Nc1cc(C)ccc1C. The van der Waals surface area contributed by atoms with Crippen molar-refractivity contribution in [2.75, 3.05) is 5.32 Å². The Hall–Kier alpha value is -3.57. The summed E-state index contributed by atoms with van der Waals surface area (Å²) in [5.41, 5.74) is 3.42. The van der Waals surface area contributed by atoms with Crippen LogP contribution in [-0.2, 0) is 4.79 Å². The van der Waals surface area contributed by atoms with Gasteiger partial charge in [-0.15, -0.1) is 0 Å². The van der Waals surface area contributed by atoms with Gasteiger partial charge in [-0.25, -0.2) is 0 Å². The number of fused-ring (bicyclic) bond motifs is 1. The number of benzene rings is 3. The Bertz CT molecular complexity index is 1380. The Morgan fingerprint density at radius 1 is 1.06 bits per heavy atom. The first kappa shape index (κ1) is 22.6. The summed E-state index contributed by atoms with van der Waals surface area (Å²) in [6.07, 6.45) is -0.525. The molecule has 168 valence electrons. The van der Waals surface area contributed by atoms with Gasteiger partial charge >= 0.3 is 0 Å². The van der Waals surface area contributed by atoms with Crippen LogP contribution in [0.3, 0.4) is 0 Å². The highest BCUT2D eigenvalue weighted by Crippen LogP contribution is 2.32. The maximum Gasteiger partial charge on any atom is 0.265 e. The average molecular weight is 462 g/mol. The molecule has 0 bridgehead atoms. The van der Waals surface area contributed by atoms with Gasteiger partial charge in [0.25, 0.3) is 5.91 Å². The quantitative estimate of drug-likeness (QED) is 0.354. The lowest BCUT2D eigenvalue weighted by molar-refractivity contribution is -0.122. The zero-order valence-corrected chi connectivity index (χ0v) is 19.4. The zero-order chi connectivity index (χ0) is 23.5. The molecule has 33 heavy (non-hydrogen) atoms. The first-order valence-corrected chi connectivity index (χ1v) is 11.1. The molecule has 6 heteroatoms. The Morgan fingerprint density at radius 3 is 2.52 bits per heavy atom. The third-order valence-corrected chi connectivity index (χ3v) is 5.69. The highest BCUT2D eigenvalue weighted by Gasteiger charge is 2.25. The molecule has 0 spiro atoms. The van der Waals surface area contributed by atoms with E-state index in [2.05, 4.69) is 5.32 Å². The Morgan fingerprint density at radius 2 is 1.79 bits per heavy atom. The third kappa shape index (κ3) is 4.78. The molecule has 0 aliphatic carbocycles. The standard InChI is InChI=1S/C27H24ClNO4/c1-4-22(27(31)29-21-15-16(2)9-10-17(21)3)32-26-24(30)20-7-5-6-8-23(20)33-25(26)18-11-13-19(28)14-12-18/h5-15,22H,4H2,1-3H3,(H,29,31). The van der Waals surface area contributed by atoms with Crippen molar-refractivity contribution in [3.8, 4) is 17.1 Å². The molecular formula is C27H24ClNO4. The molecule has 0 aliphatic heterocycles. The van der Waals surface area contributed by atoms with Gasteiger partial charge in [-0.2, -0.15) is 0 Å². The van der Waals surface area contributed by atoms with Crippen molar-refractivity contribution in [3.05, 3.63) is 93.1 Å². The van der Waals surface area contributed by atoms with Crippen LogP contribution < -0.4 is 15.5 Å². The molecule has 5 nitrogen and oxygen atoms in total. The van der Waals surface area contributed by atoms with E-state index in [1.807, 2.05) is 39.0 Å². The number of nitrogens with one attached hydrogen (secondary N) is 1. The number of halogens is 1. The summed E-state index contributed by atoms with van der Waals surface area (Å²) in [7, 11) is 0. The fraction of sp³-hybridized carbons (Fsp3) is 0.185. The van der Waals surface area contributed by atoms with E-state index in [9.17, 15) is 9.59 Å². The highest BCUT2D eigenvalue weighted by molar-refractivity contribution is 6.30. The van der Waals surface area contributed by atoms with Crippen LogP contribution in [0.5, 0.6) is 5.75 Å². The number of carbonyl (C=O) groups excluding carboxylic acids is 1. The highest BCUT2D eigenvalue weighted by atomic mass is 35.5. The first-order valence-electron chi connectivity index (χ1n) is 10.7. The second-order valence-corrected chi connectivity index (χ2v) is 8.35. The van der Waals surface area contributed by atoms with Crippen LogP contribution in [0, 0.1) is 13.8 Å². The molecule has 1 N–H and O–H groups in total. The molecule has 1 heterocycles. The number of ether oxygens (including phenoxy) is 1. The molecular weight excluding hydrogens is 438 g/mol.